The first-order chi connectivity index (χ1) is 6.74. The van der Waals surface area contributed by atoms with Gasteiger partial charge in [0.05, 0.1) is 0 Å². The molecule has 14 heavy (non-hydrogen) atoms. The Morgan fingerprint density at radius 2 is 2.07 bits per heavy atom. The molecule has 0 unspecified atom stereocenters. The summed E-state index contributed by atoms with van der Waals surface area (Å²) < 4.78 is 0. The molecule has 0 bridgehead atoms. The minimum Gasteiger partial charge on any atom is -0.398 e. The van der Waals surface area contributed by atoms with Gasteiger partial charge in [0.15, 0.2) is 0 Å². The molecule has 0 heterocycles. The Balaban J connectivity index is 2.63. The van der Waals surface area contributed by atoms with E-state index in [0.717, 1.165) is 24.1 Å². The second kappa shape index (κ2) is 3.45. The zero-order valence-corrected chi connectivity index (χ0v) is 8.56. The molecular formula is C12H16N2. The Bertz CT molecular complexity index is 380. The maximum Gasteiger partial charge on any atom is 0.0408 e. The Kier molecular flexibility index (Phi) is 2.28. The molecule has 1 aromatic rings. The summed E-state index contributed by atoms with van der Waals surface area (Å²) >= 11 is 0. The number of rotatable bonds is 1. The van der Waals surface area contributed by atoms with Crippen LogP contribution >= 0.6 is 0 Å². The van der Waals surface area contributed by atoms with Crippen molar-refractivity contribution in [1.82, 2.24) is 0 Å². The van der Waals surface area contributed by atoms with Gasteiger partial charge in [-0.05, 0) is 55.4 Å². The van der Waals surface area contributed by atoms with Gasteiger partial charge in [-0.25, -0.2) is 0 Å². The van der Waals surface area contributed by atoms with Crippen LogP contribution < -0.4 is 5.73 Å². The van der Waals surface area contributed by atoms with E-state index in [2.05, 4.69) is 13.0 Å². The van der Waals surface area contributed by atoms with Crippen molar-refractivity contribution in [3.8, 4) is 0 Å². The van der Waals surface area contributed by atoms with E-state index in [1.165, 1.54) is 35.7 Å². The molecule has 0 saturated carbocycles. The van der Waals surface area contributed by atoms with Crippen LogP contribution in [0.3, 0.4) is 0 Å². The van der Waals surface area contributed by atoms with Crippen LogP contribution in [0.4, 0.5) is 5.69 Å². The van der Waals surface area contributed by atoms with E-state index in [0.29, 0.717) is 0 Å². The SMILES string of the molecule is Cc1c(C=N)c(N)cc2c1CCCC2. The van der Waals surface area contributed by atoms with Crippen molar-refractivity contribution < 1.29 is 0 Å². The summed E-state index contributed by atoms with van der Waals surface area (Å²) in [4.78, 5) is 0. The van der Waals surface area contributed by atoms with Crippen LogP contribution in [0.1, 0.15) is 35.1 Å². The first kappa shape index (κ1) is 9.25. The highest BCUT2D eigenvalue weighted by Crippen LogP contribution is 2.29. The number of anilines is 1. The molecule has 0 atom stereocenters. The average molecular weight is 188 g/mol. The van der Waals surface area contributed by atoms with Crippen molar-refractivity contribution in [2.75, 3.05) is 5.73 Å². The first-order valence-corrected chi connectivity index (χ1v) is 5.15. The summed E-state index contributed by atoms with van der Waals surface area (Å²) in [7, 11) is 0. The molecule has 2 heteroatoms. The van der Waals surface area contributed by atoms with E-state index in [9.17, 15) is 0 Å². The lowest BCUT2D eigenvalue weighted by molar-refractivity contribution is 0.682. The Labute approximate surface area is 84.6 Å². The zero-order valence-electron chi connectivity index (χ0n) is 8.56. The zero-order chi connectivity index (χ0) is 10.1. The van der Waals surface area contributed by atoms with Crippen LogP contribution in [0.15, 0.2) is 6.07 Å². The molecule has 74 valence electrons. The number of aryl methyl sites for hydroxylation is 1. The lowest BCUT2D eigenvalue weighted by Gasteiger charge is -2.20. The largest absolute Gasteiger partial charge is 0.398 e. The third-order valence-corrected chi connectivity index (χ3v) is 3.15. The molecular weight excluding hydrogens is 172 g/mol. The monoisotopic (exact) mass is 188 g/mol. The van der Waals surface area contributed by atoms with Crippen LogP contribution in [0.25, 0.3) is 0 Å². The van der Waals surface area contributed by atoms with Crippen molar-refractivity contribution >= 4 is 11.9 Å². The smallest absolute Gasteiger partial charge is 0.0408 e. The van der Waals surface area contributed by atoms with Gasteiger partial charge in [0.1, 0.15) is 0 Å². The predicted octanol–water partition coefficient (Wildman–Crippen LogP) is 2.45. The first-order valence-electron chi connectivity index (χ1n) is 5.15. The Morgan fingerprint density at radius 1 is 1.36 bits per heavy atom. The van der Waals surface area contributed by atoms with Gasteiger partial charge in [0.2, 0.25) is 0 Å². The topological polar surface area (TPSA) is 49.9 Å². The van der Waals surface area contributed by atoms with E-state index in [-0.39, 0.29) is 0 Å². The van der Waals surface area contributed by atoms with Gasteiger partial charge in [-0.1, -0.05) is 0 Å². The second-order valence-electron chi connectivity index (χ2n) is 3.99. The molecule has 1 aliphatic rings. The molecule has 2 rings (SSSR count). The summed E-state index contributed by atoms with van der Waals surface area (Å²) in [5, 5.41) is 7.34. The van der Waals surface area contributed by atoms with Crippen molar-refractivity contribution in [3.05, 3.63) is 28.3 Å². The fourth-order valence-corrected chi connectivity index (χ4v) is 2.35. The lowest BCUT2D eigenvalue weighted by atomic mass is 9.86. The van der Waals surface area contributed by atoms with Gasteiger partial charge in [0.25, 0.3) is 0 Å². The number of benzene rings is 1. The lowest BCUT2D eigenvalue weighted by Crippen LogP contribution is -2.09. The number of nitrogens with one attached hydrogen (secondary N) is 1. The van der Waals surface area contributed by atoms with Crippen LogP contribution in [-0.4, -0.2) is 6.21 Å². The van der Waals surface area contributed by atoms with E-state index in [1.54, 1.807) is 0 Å². The minimum absolute atomic E-state index is 0.762. The fourth-order valence-electron chi connectivity index (χ4n) is 2.35. The van der Waals surface area contributed by atoms with Gasteiger partial charge in [-0.15, -0.1) is 0 Å². The molecule has 0 aromatic heterocycles. The van der Waals surface area contributed by atoms with Gasteiger partial charge >= 0.3 is 0 Å². The maximum absolute atomic E-state index is 7.34. The van der Waals surface area contributed by atoms with Crippen molar-refractivity contribution in [2.24, 2.45) is 0 Å². The van der Waals surface area contributed by atoms with Crippen LogP contribution in [0.2, 0.25) is 0 Å². The summed E-state index contributed by atoms with van der Waals surface area (Å²) in [5.74, 6) is 0. The van der Waals surface area contributed by atoms with E-state index < -0.39 is 0 Å². The molecule has 2 nitrogen and oxygen atoms in total. The molecule has 0 saturated heterocycles. The van der Waals surface area contributed by atoms with Gasteiger partial charge < -0.3 is 11.1 Å². The molecule has 0 amide bonds. The molecule has 0 aliphatic heterocycles. The molecule has 3 N–H and O–H groups in total. The maximum atomic E-state index is 7.34. The van der Waals surface area contributed by atoms with Gasteiger partial charge in [0, 0.05) is 17.5 Å². The summed E-state index contributed by atoms with van der Waals surface area (Å²) in [6, 6.07) is 2.06. The molecule has 1 aromatic carbocycles. The number of hydrogen-bond acceptors (Lipinski definition) is 2. The molecule has 1 aliphatic carbocycles. The van der Waals surface area contributed by atoms with Gasteiger partial charge in [-0.2, -0.15) is 0 Å². The highest BCUT2D eigenvalue weighted by atomic mass is 14.6. The van der Waals surface area contributed by atoms with Gasteiger partial charge in [-0.3, -0.25) is 0 Å². The van der Waals surface area contributed by atoms with Crippen molar-refractivity contribution in [1.29, 1.82) is 5.41 Å². The third kappa shape index (κ3) is 1.31. The molecule has 0 spiro atoms. The molecule has 0 fully saturated rings. The van der Waals surface area contributed by atoms with E-state index >= 15 is 0 Å². The number of nitrogen functional groups attached to an aromatic ring is 1. The highest BCUT2D eigenvalue weighted by Gasteiger charge is 2.15. The number of hydrogen-bond donors (Lipinski definition) is 2. The minimum atomic E-state index is 0.762. The standard InChI is InChI=1S/C12H16N2/c1-8-10-5-3-2-4-9(10)6-12(14)11(8)7-13/h6-7,13H,2-5,14H2,1H3. The quantitative estimate of drug-likeness (QED) is 0.516. The van der Waals surface area contributed by atoms with E-state index in [1.807, 2.05) is 0 Å². The normalized spacial score (nSPS) is 14.9. The average Bonchev–Trinajstić information content (AvgIpc) is 2.18. The van der Waals surface area contributed by atoms with Crippen LogP contribution in [0.5, 0.6) is 0 Å². The van der Waals surface area contributed by atoms with Crippen LogP contribution in [-0.2, 0) is 12.8 Å². The third-order valence-electron chi connectivity index (χ3n) is 3.15. The Morgan fingerprint density at radius 3 is 2.79 bits per heavy atom. The number of fused-ring (bicyclic) bond motifs is 1. The summed E-state index contributed by atoms with van der Waals surface area (Å²) in [6.45, 7) is 2.08. The predicted molar refractivity (Wildman–Crippen MR) is 60.1 cm³/mol. The number of nitrogens with two attached hydrogens (primary N) is 1. The second-order valence-corrected chi connectivity index (χ2v) is 3.99. The molecule has 0 radical (unpaired) electrons. The fraction of sp³-hybridized carbons (Fsp3) is 0.417. The summed E-state index contributed by atoms with van der Waals surface area (Å²) in [6.07, 6.45) is 6.23. The van der Waals surface area contributed by atoms with E-state index in [4.69, 9.17) is 11.1 Å². The van der Waals surface area contributed by atoms with Crippen LogP contribution in [0, 0.1) is 12.3 Å². The van der Waals surface area contributed by atoms with Crippen molar-refractivity contribution in [2.45, 2.75) is 32.6 Å². The van der Waals surface area contributed by atoms with Crippen molar-refractivity contribution in [3.63, 3.8) is 0 Å². The highest BCUT2D eigenvalue weighted by molar-refractivity contribution is 5.88. The summed E-state index contributed by atoms with van der Waals surface area (Å²) in [5.41, 5.74) is 11.6. The Hall–Kier alpha value is -1.31.